The molecule has 212 valence electrons. The molecule has 0 radical (unpaired) electrons. The third kappa shape index (κ3) is 9.33. The summed E-state index contributed by atoms with van der Waals surface area (Å²) in [6.07, 6.45) is 3.62. The maximum absolute atomic E-state index is 14.6. The van der Waals surface area contributed by atoms with E-state index < -0.39 is 25.8 Å². The number of benzene rings is 2. The quantitative estimate of drug-likeness (QED) is 0.103. The third-order valence-corrected chi connectivity index (χ3v) is 8.66. The Morgan fingerprint density at radius 1 is 1.03 bits per heavy atom. The lowest BCUT2D eigenvalue weighted by Gasteiger charge is -2.38. The van der Waals surface area contributed by atoms with E-state index in [1.54, 1.807) is 0 Å². The second kappa shape index (κ2) is 14.8. The molecule has 2 N–H and O–H groups in total. The number of hydrogen-bond donors (Lipinski definition) is 2. The molecule has 1 aliphatic carbocycles. The van der Waals surface area contributed by atoms with Gasteiger partial charge in [0, 0.05) is 17.0 Å². The molecule has 1 fully saturated rings. The predicted molar refractivity (Wildman–Crippen MR) is 141 cm³/mol. The summed E-state index contributed by atoms with van der Waals surface area (Å²) >= 11 is 1.02. The number of alkyl halides is 3. The van der Waals surface area contributed by atoms with Gasteiger partial charge in [-0.05, 0) is 79.6 Å². The molecular weight excluding hydrogens is 544 g/mol. The van der Waals surface area contributed by atoms with Crippen LogP contribution in [0.1, 0.15) is 74.5 Å². The largest absolute Gasteiger partial charge is 0.417 e. The van der Waals surface area contributed by atoms with E-state index in [2.05, 4.69) is 9.84 Å². The minimum Gasteiger partial charge on any atom is -0.326 e. The van der Waals surface area contributed by atoms with Crippen molar-refractivity contribution >= 4 is 20.0 Å². The fraction of sp³-hybridized carbons (Fsp3) is 0.556. The average molecular weight is 580 g/mol. The van der Waals surface area contributed by atoms with Gasteiger partial charge in [-0.3, -0.25) is 4.57 Å². The van der Waals surface area contributed by atoms with Crippen molar-refractivity contribution < 1.29 is 35.9 Å². The van der Waals surface area contributed by atoms with Gasteiger partial charge < -0.3 is 14.7 Å². The Bertz CT molecular complexity index is 1050. The van der Waals surface area contributed by atoms with E-state index in [0.717, 1.165) is 68.0 Å². The van der Waals surface area contributed by atoms with Crippen LogP contribution in [0.25, 0.3) is 0 Å². The van der Waals surface area contributed by atoms with Gasteiger partial charge in [0.05, 0.1) is 12.2 Å². The SMILES string of the molecule is O=[PH](O)OCCCNCc1cc(C(F)(F)F)c(SCCCCC2(c3ccc(F)cc3)CCCCC2)cc1F. The van der Waals surface area contributed by atoms with E-state index in [1.807, 2.05) is 12.1 Å². The Kier molecular flexibility index (Phi) is 12.1. The highest BCUT2D eigenvalue weighted by Gasteiger charge is 2.35. The lowest BCUT2D eigenvalue weighted by molar-refractivity contribution is -0.139. The molecule has 0 amide bonds. The van der Waals surface area contributed by atoms with E-state index in [4.69, 9.17) is 4.89 Å². The van der Waals surface area contributed by atoms with E-state index in [1.165, 1.54) is 18.6 Å². The van der Waals surface area contributed by atoms with Crippen LogP contribution in [-0.2, 0) is 27.2 Å². The van der Waals surface area contributed by atoms with Gasteiger partial charge in [0.15, 0.2) is 0 Å². The van der Waals surface area contributed by atoms with Crippen LogP contribution in [0.2, 0.25) is 0 Å². The topological polar surface area (TPSA) is 58.6 Å². The summed E-state index contributed by atoms with van der Waals surface area (Å²) in [4.78, 5) is 8.49. The van der Waals surface area contributed by atoms with E-state index >= 15 is 0 Å². The number of nitrogens with one attached hydrogen (secondary N) is 1. The summed E-state index contributed by atoms with van der Waals surface area (Å²) in [5.41, 5.74) is 0.181. The molecule has 2 aromatic rings. The second-order valence-corrected chi connectivity index (χ2v) is 11.7. The molecule has 0 heterocycles. The molecule has 1 saturated carbocycles. The first kappa shape index (κ1) is 31.1. The van der Waals surface area contributed by atoms with Crippen LogP contribution in [0, 0.1) is 11.6 Å². The van der Waals surface area contributed by atoms with Gasteiger partial charge in [-0.2, -0.15) is 13.2 Å². The lowest BCUT2D eigenvalue weighted by atomic mass is 9.67. The highest BCUT2D eigenvalue weighted by molar-refractivity contribution is 7.99. The van der Waals surface area contributed by atoms with E-state index in [0.29, 0.717) is 25.1 Å². The van der Waals surface area contributed by atoms with Gasteiger partial charge in [0.1, 0.15) is 11.6 Å². The van der Waals surface area contributed by atoms with Crippen molar-refractivity contribution in [2.45, 2.75) is 80.8 Å². The molecule has 0 saturated heterocycles. The van der Waals surface area contributed by atoms with Crippen molar-refractivity contribution in [2.75, 3.05) is 18.9 Å². The second-order valence-electron chi connectivity index (χ2n) is 9.74. The summed E-state index contributed by atoms with van der Waals surface area (Å²) in [5.74, 6) is -0.534. The first-order valence-electron chi connectivity index (χ1n) is 13.0. The van der Waals surface area contributed by atoms with Gasteiger partial charge >= 0.3 is 14.4 Å². The molecule has 3 rings (SSSR count). The maximum atomic E-state index is 14.6. The molecule has 0 bridgehead atoms. The van der Waals surface area contributed by atoms with Crippen molar-refractivity contribution in [2.24, 2.45) is 0 Å². The molecule has 2 aromatic carbocycles. The van der Waals surface area contributed by atoms with Crippen LogP contribution in [-0.4, -0.2) is 23.8 Å². The molecule has 0 spiro atoms. The molecule has 1 unspecified atom stereocenters. The Labute approximate surface area is 225 Å². The van der Waals surface area contributed by atoms with Crippen LogP contribution in [0.15, 0.2) is 41.3 Å². The smallest absolute Gasteiger partial charge is 0.326 e. The summed E-state index contributed by atoms with van der Waals surface area (Å²) in [5, 5.41) is 2.84. The zero-order valence-corrected chi connectivity index (χ0v) is 23.0. The summed E-state index contributed by atoms with van der Waals surface area (Å²) < 4.78 is 84.4. The summed E-state index contributed by atoms with van der Waals surface area (Å²) in [6.45, 7) is 0.226. The standard InChI is InChI=1S/C27H35F5NO3PS/c28-22-9-7-21(8-10-22)26(11-2-1-3-12-26)13-4-5-16-38-25-18-24(29)20(17-23(25)27(30,31)32)19-33-14-6-15-36-37(34)35/h7-10,17-18,33,37H,1-6,11-16,19H2,(H,34,35). The Morgan fingerprint density at radius 2 is 1.74 bits per heavy atom. The molecule has 38 heavy (non-hydrogen) atoms. The molecule has 11 heteroatoms. The minimum atomic E-state index is -4.61. The van der Waals surface area contributed by atoms with Gasteiger partial charge in [-0.25, -0.2) is 8.78 Å². The lowest BCUT2D eigenvalue weighted by Crippen LogP contribution is -2.29. The van der Waals surface area contributed by atoms with Crippen molar-refractivity contribution in [3.8, 4) is 0 Å². The number of hydrogen-bond acceptors (Lipinski definition) is 4. The van der Waals surface area contributed by atoms with Crippen LogP contribution in [0.4, 0.5) is 22.0 Å². The number of rotatable bonds is 14. The van der Waals surface area contributed by atoms with Crippen LogP contribution in [0.5, 0.6) is 0 Å². The Balaban J connectivity index is 1.56. The molecule has 0 aliphatic heterocycles. The van der Waals surface area contributed by atoms with Crippen molar-refractivity contribution in [3.63, 3.8) is 0 Å². The Morgan fingerprint density at radius 3 is 2.39 bits per heavy atom. The first-order chi connectivity index (χ1) is 18.1. The molecule has 4 nitrogen and oxygen atoms in total. The zero-order chi connectivity index (χ0) is 27.6. The summed E-state index contributed by atoms with van der Waals surface area (Å²) in [6, 6.07) is 8.52. The number of unbranched alkanes of at least 4 members (excludes halogenated alkanes) is 1. The van der Waals surface area contributed by atoms with Gasteiger partial charge in [0.2, 0.25) is 0 Å². The van der Waals surface area contributed by atoms with Gasteiger partial charge in [-0.1, -0.05) is 37.8 Å². The van der Waals surface area contributed by atoms with Crippen LogP contribution >= 0.6 is 20.0 Å². The molecule has 1 atom stereocenters. The van der Waals surface area contributed by atoms with Crippen LogP contribution in [0.3, 0.4) is 0 Å². The zero-order valence-electron chi connectivity index (χ0n) is 21.2. The summed E-state index contributed by atoms with van der Waals surface area (Å²) in [7, 11) is -3.02. The molecular formula is C27H35F5NO3PS. The molecule has 0 aromatic heterocycles. The van der Waals surface area contributed by atoms with E-state index in [-0.39, 0.29) is 34.8 Å². The third-order valence-electron chi connectivity index (χ3n) is 7.07. The molecule has 1 aliphatic rings. The average Bonchev–Trinajstić information content (AvgIpc) is 2.87. The predicted octanol–water partition coefficient (Wildman–Crippen LogP) is 8.03. The van der Waals surface area contributed by atoms with Crippen LogP contribution < -0.4 is 5.32 Å². The van der Waals surface area contributed by atoms with Crippen molar-refractivity contribution in [1.29, 1.82) is 0 Å². The van der Waals surface area contributed by atoms with Crippen molar-refractivity contribution in [3.05, 3.63) is 64.7 Å². The first-order valence-corrected chi connectivity index (χ1v) is 15.2. The van der Waals surface area contributed by atoms with E-state index in [9.17, 15) is 26.5 Å². The highest BCUT2D eigenvalue weighted by Crippen LogP contribution is 2.44. The number of halogens is 5. The Hall–Kier alpha value is -1.45. The van der Waals surface area contributed by atoms with Gasteiger partial charge in [0.25, 0.3) is 0 Å². The van der Waals surface area contributed by atoms with Crippen molar-refractivity contribution in [1.82, 2.24) is 5.32 Å². The number of thioether (sulfide) groups is 1. The maximum Gasteiger partial charge on any atom is 0.417 e. The van der Waals surface area contributed by atoms with Gasteiger partial charge in [-0.15, -0.1) is 11.8 Å². The fourth-order valence-corrected chi connectivity index (χ4v) is 6.52. The monoisotopic (exact) mass is 579 g/mol. The fourth-order valence-electron chi connectivity index (χ4n) is 5.12. The normalized spacial score (nSPS) is 16.5. The highest BCUT2D eigenvalue weighted by atomic mass is 32.2. The minimum absolute atomic E-state index is 0.0170.